The van der Waals surface area contributed by atoms with Crippen LogP contribution < -0.4 is 10.6 Å². The van der Waals surface area contributed by atoms with E-state index < -0.39 is 0 Å². The van der Waals surface area contributed by atoms with E-state index in [-0.39, 0.29) is 12.1 Å². The SMILES string of the molecule is Cc1cnc(N(c2ccc(-n3nc(C)cc3C)cn2)[C@H]2CC[C@H](N)C2)nn1. The molecule has 3 aromatic rings. The topological polar surface area (TPSA) is 98.6 Å². The summed E-state index contributed by atoms with van der Waals surface area (Å²) in [5.74, 6) is 1.36. The summed E-state index contributed by atoms with van der Waals surface area (Å²) in [4.78, 5) is 11.2. The standard InChI is InChI=1S/C19H24N8/c1-12-8-14(3)27(25-12)17-6-7-18(21-11-17)26(16-5-4-15(20)9-16)19-22-10-13(2)23-24-19/h6-8,10-11,15-16H,4-5,9,20H2,1-3H3/t15-,16-/m0/s1. The van der Waals surface area contributed by atoms with E-state index in [0.717, 1.165) is 47.8 Å². The number of aromatic nitrogens is 6. The molecule has 140 valence electrons. The maximum Gasteiger partial charge on any atom is 0.251 e. The molecule has 0 unspecified atom stereocenters. The molecule has 2 atom stereocenters. The first kappa shape index (κ1) is 17.5. The monoisotopic (exact) mass is 364 g/mol. The molecule has 0 aliphatic heterocycles. The highest BCUT2D eigenvalue weighted by Gasteiger charge is 2.31. The van der Waals surface area contributed by atoms with Crippen molar-refractivity contribution in [1.82, 2.24) is 29.9 Å². The van der Waals surface area contributed by atoms with Crippen LogP contribution in [0.3, 0.4) is 0 Å². The Balaban J connectivity index is 1.69. The van der Waals surface area contributed by atoms with E-state index in [0.29, 0.717) is 5.95 Å². The average molecular weight is 364 g/mol. The summed E-state index contributed by atoms with van der Waals surface area (Å²) in [5.41, 5.74) is 9.92. The first-order valence-corrected chi connectivity index (χ1v) is 9.22. The molecule has 3 heterocycles. The number of anilines is 2. The number of hydrogen-bond donors (Lipinski definition) is 1. The highest BCUT2D eigenvalue weighted by molar-refractivity contribution is 5.55. The Hall–Kier alpha value is -2.87. The van der Waals surface area contributed by atoms with Gasteiger partial charge in [0, 0.05) is 17.8 Å². The molecule has 0 amide bonds. The largest absolute Gasteiger partial charge is 0.328 e. The summed E-state index contributed by atoms with van der Waals surface area (Å²) in [6.07, 6.45) is 6.43. The molecule has 0 saturated heterocycles. The Morgan fingerprint density at radius 2 is 1.89 bits per heavy atom. The minimum absolute atomic E-state index is 0.199. The van der Waals surface area contributed by atoms with Crippen molar-refractivity contribution < 1.29 is 0 Å². The Morgan fingerprint density at radius 1 is 1.04 bits per heavy atom. The summed E-state index contributed by atoms with van der Waals surface area (Å²) < 4.78 is 1.89. The molecule has 8 nitrogen and oxygen atoms in total. The third-order valence-corrected chi connectivity index (χ3v) is 4.92. The zero-order valence-electron chi connectivity index (χ0n) is 15.9. The van der Waals surface area contributed by atoms with Crippen molar-refractivity contribution in [3.05, 3.63) is 47.7 Å². The molecule has 27 heavy (non-hydrogen) atoms. The number of aryl methyl sites for hydroxylation is 3. The third-order valence-electron chi connectivity index (χ3n) is 4.92. The lowest BCUT2D eigenvalue weighted by molar-refractivity contribution is 0.630. The van der Waals surface area contributed by atoms with Crippen LogP contribution in [0.5, 0.6) is 0 Å². The first-order valence-electron chi connectivity index (χ1n) is 9.22. The van der Waals surface area contributed by atoms with Gasteiger partial charge in [-0.05, 0) is 58.2 Å². The molecule has 3 aromatic heterocycles. The number of pyridine rings is 1. The Bertz CT molecular complexity index is 916. The fourth-order valence-electron chi connectivity index (χ4n) is 3.65. The molecule has 4 rings (SSSR count). The lowest BCUT2D eigenvalue weighted by Gasteiger charge is -2.27. The van der Waals surface area contributed by atoms with Crippen molar-refractivity contribution in [3.8, 4) is 5.69 Å². The first-order chi connectivity index (χ1) is 13.0. The van der Waals surface area contributed by atoms with Crippen molar-refractivity contribution in [2.45, 2.75) is 52.1 Å². The molecule has 1 fully saturated rings. The predicted molar refractivity (Wildman–Crippen MR) is 103 cm³/mol. The van der Waals surface area contributed by atoms with E-state index in [1.807, 2.05) is 49.8 Å². The van der Waals surface area contributed by atoms with Crippen molar-refractivity contribution >= 4 is 11.8 Å². The maximum absolute atomic E-state index is 6.15. The van der Waals surface area contributed by atoms with Gasteiger partial charge >= 0.3 is 0 Å². The fourth-order valence-corrected chi connectivity index (χ4v) is 3.65. The third kappa shape index (κ3) is 3.52. The Labute approximate surface area is 158 Å². The van der Waals surface area contributed by atoms with Gasteiger partial charge in [0.15, 0.2) is 0 Å². The number of hydrogen-bond acceptors (Lipinski definition) is 7. The molecule has 0 bridgehead atoms. The minimum Gasteiger partial charge on any atom is -0.328 e. The van der Waals surface area contributed by atoms with Gasteiger partial charge in [-0.1, -0.05) is 0 Å². The highest BCUT2D eigenvalue weighted by atomic mass is 15.4. The van der Waals surface area contributed by atoms with Gasteiger partial charge in [0.25, 0.3) is 5.95 Å². The molecule has 0 radical (unpaired) electrons. The molecule has 2 N–H and O–H groups in total. The lowest BCUT2D eigenvalue weighted by Crippen LogP contribution is -2.32. The number of nitrogens with two attached hydrogens (primary N) is 1. The zero-order chi connectivity index (χ0) is 19.0. The molecule has 1 aliphatic carbocycles. The Kier molecular flexibility index (Phi) is 4.57. The number of rotatable bonds is 4. The summed E-state index contributed by atoms with van der Waals surface area (Å²) in [6, 6.07) is 6.47. The van der Waals surface area contributed by atoms with Crippen LogP contribution in [-0.2, 0) is 0 Å². The smallest absolute Gasteiger partial charge is 0.251 e. The maximum atomic E-state index is 6.15. The van der Waals surface area contributed by atoms with E-state index in [4.69, 9.17) is 10.7 Å². The molecule has 0 aromatic carbocycles. The summed E-state index contributed by atoms with van der Waals surface area (Å²) >= 11 is 0. The molecule has 0 spiro atoms. The van der Waals surface area contributed by atoms with Crippen molar-refractivity contribution in [3.63, 3.8) is 0 Å². The lowest BCUT2D eigenvalue weighted by atomic mass is 10.2. The van der Waals surface area contributed by atoms with Gasteiger partial charge in [-0.2, -0.15) is 10.2 Å². The van der Waals surface area contributed by atoms with Crippen LogP contribution in [-0.4, -0.2) is 42.0 Å². The van der Waals surface area contributed by atoms with Gasteiger partial charge < -0.3 is 5.73 Å². The molecular formula is C19H24N8. The van der Waals surface area contributed by atoms with Crippen LogP contribution in [0.1, 0.15) is 36.3 Å². The van der Waals surface area contributed by atoms with Gasteiger partial charge in [0.1, 0.15) is 5.82 Å². The van der Waals surface area contributed by atoms with Gasteiger partial charge in [0.2, 0.25) is 0 Å². The summed E-state index contributed by atoms with van der Waals surface area (Å²) in [6.45, 7) is 5.89. The average Bonchev–Trinajstić information content (AvgIpc) is 3.22. The van der Waals surface area contributed by atoms with E-state index in [9.17, 15) is 0 Å². The minimum atomic E-state index is 0.199. The van der Waals surface area contributed by atoms with E-state index in [1.165, 1.54) is 0 Å². The summed E-state index contributed by atoms with van der Waals surface area (Å²) in [7, 11) is 0. The van der Waals surface area contributed by atoms with Crippen LogP contribution in [0, 0.1) is 20.8 Å². The van der Waals surface area contributed by atoms with Crippen LogP contribution in [0.25, 0.3) is 5.69 Å². The second-order valence-corrected chi connectivity index (χ2v) is 7.21. The van der Waals surface area contributed by atoms with Crippen LogP contribution in [0.15, 0.2) is 30.6 Å². The normalized spacial score (nSPS) is 19.4. The number of nitrogens with zero attached hydrogens (tertiary/aromatic N) is 7. The Morgan fingerprint density at radius 3 is 2.44 bits per heavy atom. The highest BCUT2D eigenvalue weighted by Crippen LogP contribution is 2.31. The summed E-state index contributed by atoms with van der Waals surface area (Å²) in [5, 5.41) is 13.0. The molecule has 1 aliphatic rings. The molecule has 8 heteroatoms. The second-order valence-electron chi connectivity index (χ2n) is 7.21. The molecule has 1 saturated carbocycles. The van der Waals surface area contributed by atoms with E-state index in [1.54, 1.807) is 6.20 Å². The zero-order valence-corrected chi connectivity index (χ0v) is 15.9. The van der Waals surface area contributed by atoms with E-state index in [2.05, 4.69) is 25.2 Å². The van der Waals surface area contributed by atoms with Crippen LogP contribution in [0.2, 0.25) is 0 Å². The van der Waals surface area contributed by atoms with Crippen LogP contribution >= 0.6 is 0 Å². The van der Waals surface area contributed by atoms with Gasteiger partial charge in [-0.15, -0.1) is 5.10 Å². The van der Waals surface area contributed by atoms with Crippen molar-refractivity contribution in [2.24, 2.45) is 5.73 Å². The van der Waals surface area contributed by atoms with Crippen molar-refractivity contribution in [2.75, 3.05) is 4.90 Å². The van der Waals surface area contributed by atoms with Crippen LogP contribution in [0.4, 0.5) is 11.8 Å². The molecular weight excluding hydrogens is 340 g/mol. The fraction of sp³-hybridized carbons (Fsp3) is 0.421. The van der Waals surface area contributed by atoms with Gasteiger partial charge in [-0.25, -0.2) is 14.6 Å². The second kappa shape index (κ2) is 7.03. The van der Waals surface area contributed by atoms with Gasteiger partial charge in [0.05, 0.1) is 29.5 Å². The quantitative estimate of drug-likeness (QED) is 0.759. The predicted octanol–water partition coefficient (Wildman–Crippen LogP) is 2.40. The van der Waals surface area contributed by atoms with E-state index >= 15 is 0 Å². The van der Waals surface area contributed by atoms with Crippen molar-refractivity contribution in [1.29, 1.82) is 0 Å². The van der Waals surface area contributed by atoms with Gasteiger partial charge in [-0.3, -0.25) is 4.90 Å².